The van der Waals surface area contributed by atoms with Gasteiger partial charge in [0.1, 0.15) is 0 Å². The third-order valence-electron chi connectivity index (χ3n) is 2.22. The number of carbonyl (C=O) groups is 4. The van der Waals surface area contributed by atoms with Crippen LogP contribution in [0.5, 0.6) is 0 Å². The van der Waals surface area contributed by atoms with Gasteiger partial charge >= 0.3 is 0 Å². The smallest absolute Gasteiger partial charge is 0.226 e. The van der Waals surface area contributed by atoms with Crippen molar-refractivity contribution < 1.29 is 19.2 Å². The number of ketones is 4. The zero-order valence-electron chi connectivity index (χ0n) is 10.8. The number of rotatable bonds is 1. The third kappa shape index (κ3) is 5.49. The highest BCUT2D eigenvalue weighted by Gasteiger charge is 2.18. The zero-order valence-corrected chi connectivity index (χ0v) is 10.8. The number of hydrogen-bond donors (Lipinski definition) is 0. The molecule has 0 heterocycles. The number of carbonyl (C=O) groups excluding carboxylic acids is 4. The van der Waals surface area contributed by atoms with Gasteiger partial charge in [-0.05, 0) is 35.5 Å². The molecule has 0 N–H and O–H groups in total. The van der Waals surface area contributed by atoms with Crippen LogP contribution in [0.4, 0.5) is 0 Å². The Morgan fingerprint density at radius 3 is 1.05 bits per heavy atom. The predicted molar refractivity (Wildman–Crippen MR) is 74.6 cm³/mol. The van der Waals surface area contributed by atoms with Crippen molar-refractivity contribution in [2.45, 2.75) is 0 Å². The van der Waals surface area contributed by atoms with Crippen LogP contribution in [0.3, 0.4) is 0 Å². The van der Waals surface area contributed by atoms with E-state index in [2.05, 4.69) is 0 Å². The third-order valence-corrected chi connectivity index (χ3v) is 2.22. The second-order valence-corrected chi connectivity index (χ2v) is 3.50. The molecule has 0 radical (unpaired) electrons. The van der Waals surface area contributed by atoms with Gasteiger partial charge in [0.25, 0.3) is 0 Å². The van der Waals surface area contributed by atoms with E-state index in [-0.39, 0.29) is 0 Å². The topological polar surface area (TPSA) is 186 Å². The standard InChI is InChI=1S/C12H6O4.2N3/c13-9-3-1-7(5-11(9)15)8-2-4-10(14)12(16)6-8;2*1-3-2/h1-6H;;/q;2*-1. The fourth-order valence-corrected chi connectivity index (χ4v) is 1.38. The second-order valence-electron chi connectivity index (χ2n) is 3.50. The summed E-state index contributed by atoms with van der Waals surface area (Å²) in [6.45, 7) is 0. The monoisotopic (exact) mass is 298 g/mol. The fraction of sp³-hybridized carbons (Fsp3) is 0. The molecule has 10 nitrogen and oxygen atoms in total. The largest absolute Gasteiger partial charge is 0.373 e. The molecule has 22 heavy (non-hydrogen) atoms. The maximum Gasteiger partial charge on any atom is 0.226 e. The molecule has 0 atom stereocenters. The van der Waals surface area contributed by atoms with Crippen LogP contribution in [0.2, 0.25) is 0 Å². The molecular weight excluding hydrogens is 292 g/mol. The molecule has 0 fully saturated rings. The highest BCUT2D eigenvalue weighted by atomic mass is 16.2. The number of hydrogen-bond acceptors (Lipinski definition) is 4. The van der Waals surface area contributed by atoms with Crippen molar-refractivity contribution in [3.63, 3.8) is 0 Å². The minimum atomic E-state index is -0.629. The molecule has 0 unspecified atom stereocenters. The Labute approximate surface area is 122 Å². The van der Waals surface area contributed by atoms with Gasteiger partial charge in [-0.15, -0.1) is 0 Å². The molecule has 0 aliphatic heterocycles. The van der Waals surface area contributed by atoms with Crippen LogP contribution in [0.25, 0.3) is 31.9 Å². The molecule has 10 heteroatoms. The summed E-state index contributed by atoms with van der Waals surface area (Å²) in [7, 11) is 0. The molecule has 2 aliphatic carbocycles. The summed E-state index contributed by atoms with van der Waals surface area (Å²) in [5.41, 5.74) is 27.9. The van der Waals surface area contributed by atoms with Gasteiger partial charge in [0.15, 0.2) is 0 Å². The molecule has 0 saturated carbocycles. The summed E-state index contributed by atoms with van der Waals surface area (Å²) < 4.78 is 0. The molecule has 0 aromatic rings. The predicted octanol–water partition coefficient (Wildman–Crippen LogP) is 1.99. The van der Waals surface area contributed by atoms with E-state index in [9.17, 15) is 19.2 Å². The first kappa shape index (κ1) is 18.3. The van der Waals surface area contributed by atoms with Crippen molar-refractivity contribution >= 4 is 23.1 Å². The summed E-state index contributed by atoms with van der Waals surface area (Å²) in [6.07, 6.45) is 7.50. The molecule has 0 bridgehead atoms. The number of nitrogens with zero attached hydrogens (tertiary/aromatic N) is 6. The van der Waals surface area contributed by atoms with Crippen LogP contribution in [0, 0.1) is 0 Å². The van der Waals surface area contributed by atoms with Crippen LogP contribution >= 0.6 is 0 Å². The molecule has 2 rings (SSSR count). The van der Waals surface area contributed by atoms with E-state index in [1.807, 2.05) is 0 Å². The van der Waals surface area contributed by atoms with E-state index in [1.165, 1.54) is 22.0 Å². The second kappa shape index (κ2) is 9.21. The molecule has 0 saturated heterocycles. The molecule has 0 spiro atoms. The van der Waals surface area contributed by atoms with Gasteiger partial charge in [0.05, 0.1) is 0 Å². The maximum absolute atomic E-state index is 11.1. The average molecular weight is 298 g/mol. The van der Waals surface area contributed by atoms with Crippen LogP contribution < -0.4 is 0 Å². The Balaban J connectivity index is 0.000000639. The maximum atomic E-state index is 11.1. The van der Waals surface area contributed by atoms with Crippen molar-refractivity contribution in [1.82, 2.24) is 0 Å². The van der Waals surface area contributed by atoms with Crippen molar-refractivity contribution in [1.29, 1.82) is 0 Å². The van der Waals surface area contributed by atoms with Crippen LogP contribution in [-0.2, 0) is 19.2 Å². The van der Waals surface area contributed by atoms with Crippen molar-refractivity contribution in [3.8, 4) is 0 Å². The summed E-state index contributed by atoms with van der Waals surface area (Å²) in [4.78, 5) is 47.0. The Morgan fingerprint density at radius 2 is 0.818 bits per heavy atom. The SMILES string of the molecule is O=C1C=CC(C2=CC(=O)C(=O)C=C2)=CC1=O.[N-]=[N+]=[N-].[N-]=[N+]=[N-]. The Hall–Kier alpha value is -3.74. The zero-order chi connectivity index (χ0) is 17.1. The fourth-order valence-electron chi connectivity index (χ4n) is 1.38. The highest BCUT2D eigenvalue weighted by molar-refractivity contribution is 6.48. The van der Waals surface area contributed by atoms with Gasteiger partial charge in [-0.3, -0.25) is 29.0 Å². The Morgan fingerprint density at radius 1 is 0.545 bits per heavy atom. The Kier molecular flexibility index (Phi) is 7.64. The van der Waals surface area contributed by atoms with E-state index in [0.29, 0.717) is 11.1 Å². The lowest BCUT2D eigenvalue weighted by atomic mass is 9.94. The summed E-state index contributed by atoms with van der Waals surface area (Å²) in [5, 5.41) is 0. The van der Waals surface area contributed by atoms with Crippen molar-refractivity contribution in [3.05, 3.63) is 79.6 Å². The normalized spacial score (nSPS) is 15.3. The highest BCUT2D eigenvalue weighted by Crippen LogP contribution is 2.19. The molecular formula is C12H6N6O4-2. The van der Waals surface area contributed by atoms with E-state index >= 15 is 0 Å². The van der Waals surface area contributed by atoms with E-state index < -0.39 is 23.1 Å². The van der Waals surface area contributed by atoms with Gasteiger partial charge in [-0.25, -0.2) is 0 Å². The first-order valence-corrected chi connectivity index (χ1v) is 5.34. The first-order valence-electron chi connectivity index (χ1n) is 5.34. The van der Waals surface area contributed by atoms with Crippen LogP contribution in [-0.4, -0.2) is 23.1 Å². The molecule has 0 aromatic heterocycles. The van der Waals surface area contributed by atoms with Crippen LogP contribution in [0.15, 0.2) is 47.6 Å². The van der Waals surface area contributed by atoms with Gasteiger partial charge in [0.2, 0.25) is 23.1 Å². The van der Waals surface area contributed by atoms with Gasteiger partial charge in [-0.1, -0.05) is 12.2 Å². The van der Waals surface area contributed by atoms with Crippen molar-refractivity contribution in [2.24, 2.45) is 0 Å². The Bertz CT molecular complexity index is 652. The molecule has 0 amide bonds. The lowest BCUT2D eigenvalue weighted by Gasteiger charge is -2.08. The molecule has 2 aliphatic rings. The summed E-state index contributed by atoms with van der Waals surface area (Å²) in [6, 6.07) is 0. The summed E-state index contributed by atoms with van der Waals surface area (Å²) in [5.74, 6) is -2.44. The first-order chi connectivity index (χ1) is 10.4. The van der Waals surface area contributed by atoms with E-state index in [0.717, 1.165) is 24.3 Å². The lowest BCUT2D eigenvalue weighted by Crippen LogP contribution is -2.15. The average Bonchev–Trinajstić information content (AvgIpc) is 2.47. The van der Waals surface area contributed by atoms with E-state index in [4.69, 9.17) is 22.1 Å². The molecule has 110 valence electrons. The van der Waals surface area contributed by atoms with Gasteiger partial charge in [-0.2, -0.15) is 0 Å². The minimum absolute atomic E-state index is 0.460. The minimum Gasteiger partial charge on any atom is -0.373 e. The van der Waals surface area contributed by atoms with Crippen LogP contribution in [0.1, 0.15) is 0 Å². The number of allylic oxidation sites excluding steroid dienone is 8. The van der Waals surface area contributed by atoms with Crippen molar-refractivity contribution in [2.75, 3.05) is 0 Å². The van der Waals surface area contributed by atoms with Gasteiger partial charge < -0.3 is 22.1 Å². The summed E-state index contributed by atoms with van der Waals surface area (Å²) >= 11 is 0. The molecule has 0 aromatic carbocycles. The van der Waals surface area contributed by atoms with Gasteiger partial charge in [0, 0.05) is 0 Å². The van der Waals surface area contributed by atoms with E-state index in [1.54, 1.807) is 0 Å². The quantitative estimate of drug-likeness (QED) is 0.235. The lowest BCUT2D eigenvalue weighted by molar-refractivity contribution is -0.131.